The van der Waals surface area contributed by atoms with E-state index in [9.17, 15) is 8.42 Å². The van der Waals surface area contributed by atoms with Crippen molar-refractivity contribution >= 4 is 21.4 Å². The maximum absolute atomic E-state index is 11.4. The molecular formula is C11H11NO3S2. The van der Waals surface area contributed by atoms with E-state index in [0.717, 1.165) is 16.9 Å². The average molecular weight is 269 g/mol. The molecule has 17 heavy (non-hydrogen) atoms. The molecule has 0 atom stereocenters. The lowest BCUT2D eigenvalue weighted by molar-refractivity contribution is 0.415. The third-order valence-corrected chi connectivity index (χ3v) is 4.70. The van der Waals surface area contributed by atoms with Gasteiger partial charge in [0.1, 0.15) is 9.96 Å². The highest BCUT2D eigenvalue weighted by Crippen LogP contribution is 2.32. The van der Waals surface area contributed by atoms with Crippen molar-refractivity contribution in [1.82, 2.24) is 0 Å². The molecule has 2 aromatic rings. The van der Waals surface area contributed by atoms with Crippen molar-refractivity contribution in [3.05, 3.63) is 35.7 Å². The fourth-order valence-corrected chi connectivity index (χ4v) is 3.36. The second-order valence-electron chi connectivity index (χ2n) is 3.40. The summed E-state index contributed by atoms with van der Waals surface area (Å²) < 4.78 is 28.1. The molecule has 0 fully saturated rings. The zero-order chi connectivity index (χ0) is 12.5. The van der Waals surface area contributed by atoms with E-state index in [-0.39, 0.29) is 4.21 Å². The van der Waals surface area contributed by atoms with Crippen molar-refractivity contribution in [2.75, 3.05) is 7.11 Å². The number of ether oxygens (including phenoxy) is 1. The summed E-state index contributed by atoms with van der Waals surface area (Å²) in [6.45, 7) is 0. The van der Waals surface area contributed by atoms with Crippen LogP contribution in [0, 0.1) is 0 Å². The number of methoxy groups -OCH3 is 1. The molecule has 0 amide bonds. The van der Waals surface area contributed by atoms with Crippen LogP contribution in [0.3, 0.4) is 0 Å². The third-order valence-electron chi connectivity index (χ3n) is 2.27. The SMILES string of the molecule is COc1cccc(-c2ccsc2S(N)(=O)=O)c1. The minimum Gasteiger partial charge on any atom is -0.497 e. The fraction of sp³-hybridized carbons (Fsp3) is 0.0909. The van der Waals surface area contributed by atoms with Gasteiger partial charge in [-0.1, -0.05) is 12.1 Å². The number of primary sulfonamides is 1. The van der Waals surface area contributed by atoms with Gasteiger partial charge in [0.05, 0.1) is 7.11 Å². The zero-order valence-corrected chi connectivity index (χ0v) is 10.7. The molecule has 0 spiro atoms. The van der Waals surface area contributed by atoms with E-state index in [1.165, 1.54) is 0 Å². The molecule has 90 valence electrons. The predicted molar refractivity (Wildman–Crippen MR) is 67.7 cm³/mol. The minimum atomic E-state index is -3.68. The van der Waals surface area contributed by atoms with Crippen molar-refractivity contribution in [2.24, 2.45) is 5.14 Å². The van der Waals surface area contributed by atoms with Crippen LogP contribution in [0.25, 0.3) is 11.1 Å². The standard InChI is InChI=1S/C11H11NO3S2/c1-15-9-4-2-3-8(7-9)10-5-6-16-11(10)17(12,13)14/h2-7H,1H3,(H2,12,13,14). The molecule has 4 nitrogen and oxygen atoms in total. The fourth-order valence-electron chi connectivity index (χ4n) is 1.52. The van der Waals surface area contributed by atoms with Crippen LogP contribution in [-0.2, 0) is 10.0 Å². The quantitative estimate of drug-likeness (QED) is 0.927. The summed E-state index contributed by atoms with van der Waals surface area (Å²) in [6, 6.07) is 8.93. The maximum Gasteiger partial charge on any atom is 0.248 e. The van der Waals surface area contributed by atoms with Gasteiger partial charge in [-0.3, -0.25) is 0 Å². The predicted octanol–water partition coefficient (Wildman–Crippen LogP) is 2.07. The first kappa shape index (κ1) is 12.1. The van der Waals surface area contributed by atoms with Crippen molar-refractivity contribution in [3.8, 4) is 16.9 Å². The van der Waals surface area contributed by atoms with E-state index in [1.54, 1.807) is 36.8 Å². The Balaban J connectivity index is 2.57. The normalized spacial score (nSPS) is 11.4. The van der Waals surface area contributed by atoms with E-state index in [4.69, 9.17) is 9.88 Å². The molecule has 0 aliphatic carbocycles. The van der Waals surface area contributed by atoms with Gasteiger partial charge in [-0.25, -0.2) is 13.6 Å². The highest BCUT2D eigenvalue weighted by atomic mass is 32.2. The smallest absolute Gasteiger partial charge is 0.248 e. The van der Waals surface area contributed by atoms with Crippen molar-refractivity contribution in [3.63, 3.8) is 0 Å². The van der Waals surface area contributed by atoms with Gasteiger partial charge in [-0.15, -0.1) is 11.3 Å². The molecule has 0 saturated heterocycles. The molecule has 6 heteroatoms. The molecule has 0 saturated carbocycles. The molecule has 1 aromatic carbocycles. The highest BCUT2D eigenvalue weighted by Gasteiger charge is 2.16. The number of sulfonamides is 1. The summed E-state index contributed by atoms with van der Waals surface area (Å²) in [6.07, 6.45) is 0. The molecular weight excluding hydrogens is 258 g/mol. The molecule has 2 N–H and O–H groups in total. The van der Waals surface area contributed by atoms with Gasteiger partial charge in [-0.05, 0) is 29.1 Å². The Kier molecular flexibility index (Phi) is 3.19. The summed E-state index contributed by atoms with van der Waals surface area (Å²) >= 11 is 1.11. The Bertz CT molecular complexity index is 632. The van der Waals surface area contributed by atoms with Gasteiger partial charge < -0.3 is 4.74 Å². The third kappa shape index (κ3) is 2.49. The first-order valence-electron chi connectivity index (χ1n) is 4.77. The van der Waals surface area contributed by atoms with Crippen LogP contribution in [0.2, 0.25) is 0 Å². The molecule has 0 aliphatic rings. The summed E-state index contributed by atoms with van der Waals surface area (Å²) in [5, 5.41) is 6.86. The van der Waals surface area contributed by atoms with Crippen LogP contribution in [0.4, 0.5) is 0 Å². The van der Waals surface area contributed by atoms with Crippen molar-refractivity contribution in [2.45, 2.75) is 4.21 Å². The number of hydrogen-bond acceptors (Lipinski definition) is 4. The van der Waals surface area contributed by atoms with Crippen LogP contribution in [0.1, 0.15) is 0 Å². The molecule has 0 aliphatic heterocycles. The number of hydrogen-bond donors (Lipinski definition) is 1. The molecule has 1 heterocycles. The van der Waals surface area contributed by atoms with Crippen LogP contribution >= 0.6 is 11.3 Å². The van der Waals surface area contributed by atoms with E-state index in [1.807, 2.05) is 6.07 Å². The molecule has 0 bridgehead atoms. The van der Waals surface area contributed by atoms with Gasteiger partial charge in [0.15, 0.2) is 0 Å². The van der Waals surface area contributed by atoms with Crippen molar-refractivity contribution < 1.29 is 13.2 Å². The average Bonchev–Trinajstić information content (AvgIpc) is 2.77. The first-order chi connectivity index (χ1) is 8.02. The van der Waals surface area contributed by atoms with Gasteiger partial charge in [0, 0.05) is 5.56 Å². The zero-order valence-electron chi connectivity index (χ0n) is 9.08. The number of thiophene rings is 1. The maximum atomic E-state index is 11.4. The lowest BCUT2D eigenvalue weighted by atomic mass is 10.1. The van der Waals surface area contributed by atoms with Crippen LogP contribution in [-0.4, -0.2) is 15.5 Å². The molecule has 1 aromatic heterocycles. The monoisotopic (exact) mass is 269 g/mol. The Morgan fingerprint density at radius 2 is 2.06 bits per heavy atom. The number of rotatable bonds is 3. The van der Waals surface area contributed by atoms with Gasteiger partial charge in [-0.2, -0.15) is 0 Å². The second-order valence-corrected chi connectivity index (χ2v) is 6.07. The molecule has 0 radical (unpaired) electrons. The van der Waals surface area contributed by atoms with Gasteiger partial charge in [0.2, 0.25) is 10.0 Å². The molecule has 0 unspecified atom stereocenters. The van der Waals surface area contributed by atoms with Crippen LogP contribution < -0.4 is 9.88 Å². The highest BCUT2D eigenvalue weighted by molar-refractivity contribution is 7.91. The van der Waals surface area contributed by atoms with E-state index < -0.39 is 10.0 Å². The van der Waals surface area contributed by atoms with Crippen molar-refractivity contribution in [1.29, 1.82) is 0 Å². The van der Waals surface area contributed by atoms with Crippen LogP contribution in [0.15, 0.2) is 39.9 Å². The Labute approximate surface area is 104 Å². The topological polar surface area (TPSA) is 69.4 Å². The van der Waals surface area contributed by atoms with Gasteiger partial charge >= 0.3 is 0 Å². The first-order valence-corrected chi connectivity index (χ1v) is 7.19. The molecule has 2 rings (SSSR count). The number of nitrogens with two attached hydrogens (primary N) is 1. The van der Waals surface area contributed by atoms with E-state index >= 15 is 0 Å². The lowest BCUT2D eigenvalue weighted by Gasteiger charge is -2.04. The summed E-state index contributed by atoms with van der Waals surface area (Å²) in [7, 11) is -2.12. The Morgan fingerprint density at radius 1 is 1.29 bits per heavy atom. The summed E-state index contributed by atoms with van der Waals surface area (Å²) in [4.78, 5) is 0. The number of benzene rings is 1. The largest absolute Gasteiger partial charge is 0.497 e. The Morgan fingerprint density at radius 3 is 2.71 bits per heavy atom. The minimum absolute atomic E-state index is 0.172. The second kappa shape index (κ2) is 4.48. The lowest BCUT2D eigenvalue weighted by Crippen LogP contribution is -2.11. The summed E-state index contributed by atoms with van der Waals surface area (Å²) in [5.74, 6) is 0.675. The van der Waals surface area contributed by atoms with E-state index in [0.29, 0.717) is 11.3 Å². The Hall–Kier alpha value is -1.37. The van der Waals surface area contributed by atoms with Gasteiger partial charge in [0.25, 0.3) is 0 Å². The summed E-state index contributed by atoms with van der Waals surface area (Å²) in [5.41, 5.74) is 1.38. The van der Waals surface area contributed by atoms with E-state index in [2.05, 4.69) is 0 Å². The van der Waals surface area contributed by atoms with Crippen LogP contribution in [0.5, 0.6) is 5.75 Å².